The molecule has 0 aromatic rings. The van der Waals surface area contributed by atoms with E-state index in [1.165, 1.54) is 65.0 Å². The molecule has 1 saturated heterocycles. The average molecular weight is 281 g/mol. The summed E-state index contributed by atoms with van der Waals surface area (Å²) in [7, 11) is 0. The lowest BCUT2D eigenvalue weighted by Gasteiger charge is -2.41. The van der Waals surface area contributed by atoms with E-state index in [9.17, 15) is 0 Å². The molecule has 118 valence electrons. The van der Waals surface area contributed by atoms with Gasteiger partial charge in [0.05, 0.1) is 0 Å². The molecular weight excluding hydrogens is 246 g/mol. The molecule has 1 unspecified atom stereocenters. The summed E-state index contributed by atoms with van der Waals surface area (Å²) in [5.74, 6) is 0. The molecule has 1 saturated carbocycles. The molecule has 0 aromatic heterocycles. The molecule has 1 aliphatic heterocycles. The highest BCUT2D eigenvalue weighted by molar-refractivity contribution is 4.88. The Morgan fingerprint density at radius 1 is 1.15 bits per heavy atom. The maximum atomic E-state index is 3.76. The van der Waals surface area contributed by atoms with E-state index >= 15 is 0 Å². The zero-order chi connectivity index (χ0) is 14.6. The van der Waals surface area contributed by atoms with Crippen LogP contribution >= 0.6 is 0 Å². The van der Waals surface area contributed by atoms with Crippen LogP contribution in [-0.2, 0) is 0 Å². The molecule has 1 heterocycles. The van der Waals surface area contributed by atoms with Crippen LogP contribution in [0.5, 0.6) is 0 Å². The van der Waals surface area contributed by atoms with Gasteiger partial charge in [0.1, 0.15) is 0 Å². The van der Waals surface area contributed by atoms with E-state index in [-0.39, 0.29) is 0 Å². The van der Waals surface area contributed by atoms with Crippen LogP contribution in [0.1, 0.15) is 53.4 Å². The lowest BCUT2D eigenvalue weighted by Crippen LogP contribution is -2.52. The van der Waals surface area contributed by atoms with Gasteiger partial charge in [-0.15, -0.1) is 0 Å². The molecule has 1 N–H and O–H groups in total. The average Bonchev–Trinajstić information content (AvgIpc) is 3.21. The summed E-state index contributed by atoms with van der Waals surface area (Å²) in [4.78, 5) is 5.30. The van der Waals surface area contributed by atoms with Crippen molar-refractivity contribution in [2.75, 3.05) is 39.3 Å². The van der Waals surface area contributed by atoms with Gasteiger partial charge in [0, 0.05) is 51.4 Å². The van der Waals surface area contributed by atoms with Gasteiger partial charge in [0.15, 0.2) is 0 Å². The Morgan fingerprint density at radius 3 is 2.30 bits per heavy atom. The van der Waals surface area contributed by atoms with Gasteiger partial charge in [-0.25, -0.2) is 0 Å². The highest BCUT2D eigenvalue weighted by Gasteiger charge is 2.31. The molecule has 3 nitrogen and oxygen atoms in total. The predicted molar refractivity (Wildman–Crippen MR) is 87.2 cm³/mol. The summed E-state index contributed by atoms with van der Waals surface area (Å²) >= 11 is 0. The smallest absolute Gasteiger partial charge is 0.0113 e. The van der Waals surface area contributed by atoms with Crippen LogP contribution in [0.4, 0.5) is 0 Å². The van der Waals surface area contributed by atoms with Crippen molar-refractivity contribution in [2.24, 2.45) is 5.41 Å². The highest BCUT2D eigenvalue weighted by Crippen LogP contribution is 2.27. The Morgan fingerprint density at radius 2 is 1.80 bits per heavy atom. The lowest BCUT2D eigenvalue weighted by atomic mass is 9.84. The molecule has 20 heavy (non-hydrogen) atoms. The number of hydrogen-bond donors (Lipinski definition) is 1. The number of nitrogens with one attached hydrogen (secondary N) is 1. The molecule has 2 aliphatic rings. The van der Waals surface area contributed by atoms with E-state index in [0.29, 0.717) is 11.5 Å². The van der Waals surface area contributed by atoms with Crippen molar-refractivity contribution < 1.29 is 0 Å². The van der Waals surface area contributed by atoms with Gasteiger partial charge in [-0.2, -0.15) is 0 Å². The van der Waals surface area contributed by atoms with Crippen LogP contribution in [0.3, 0.4) is 0 Å². The van der Waals surface area contributed by atoms with E-state index in [1.54, 1.807) is 0 Å². The monoisotopic (exact) mass is 281 g/mol. The fraction of sp³-hybridized carbons (Fsp3) is 1.00. The van der Waals surface area contributed by atoms with Crippen molar-refractivity contribution in [2.45, 2.75) is 65.5 Å². The Labute approximate surface area is 126 Å². The quantitative estimate of drug-likeness (QED) is 0.738. The fourth-order valence-electron chi connectivity index (χ4n) is 3.48. The standard InChI is InChI=1S/C17H35N3/c1-5-8-17(4,13-18-16-6-7-16)14-19-9-11-20(12-10-19)15(2)3/h15-16,18H,5-14H2,1-4H3. The van der Waals surface area contributed by atoms with E-state index in [0.717, 1.165) is 6.04 Å². The van der Waals surface area contributed by atoms with E-state index in [2.05, 4.69) is 42.8 Å². The van der Waals surface area contributed by atoms with Crippen LogP contribution in [0.25, 0.3) is 0 Å². The first-order valence-corrected chi connectivity index (χ1v) is 8.72. The van der Waals surface area contributed by atoms with E-state index in [1.807, 2.05) is 0 Å². The molecule has 1 atom stereocenters. The minimum Gasteiger partial charge on any atom is -0.313 e. The van der Waals surface area contributed by atoms with Crippen molar-refractivity contribution in [1.82, 2.24) is 15.1 Å². The van der Waals surface area contributed by atoms with Crippen LogP contribution < -0.4 is 5.32 Å². The predicted octanol–water partition coefficient (Wildman–Crippen LogP) is 2.57. The summed E-state index contributed by atoms with van der Waals surface area (Å²) in [6.45, 7) is 16.9. The van der Waals surface area contributed by atoms with Gasteiger partial charge in [-0.1, -0.05) is 20.3 Å². The maximum Gasteiger partial charge on any atom is 0.0113 e. The molecule has 0 spiro atoms. The summed E-state index contributed by atoms with van der Waals surface area (Å²) in [5, 5.41) is 3.76. The summed E-state index contributed by atoms with van der Waals surface area (Å²) in [6, 6.07) is 1.54. The maximum absolute atomic E-state index is 3.76. The zero-order valence-corrected chi connectivity index (χ0v) is 14.1. The first-order chi connectivity index (χ1) is 9.52. The second kappa shape index (κ2) is 7.24. The van der Waals surface area contributed by atoms with Gasteiger partial charge in [0.25, 0.3) is 0 Å². The van der Waals surface area contributed by atoms with E-state index < -0.39 is 0 Å². The van der Waals surface area contributed by atoms with Crippen LogP contribution in [0.2, 0.25) is 0 Å². The van der Waals surface area contributed by atoms with Gasteiger partial charge in [0.2, 0.25) is 0 Å². The van der Waals surface area contributed by atoms with Crippen LogP contribution in [0, 0.1) is 5.41 Å². The van der Waals surface area contributed by atoms with Gasteiger partial charge < -0.3 is 10.2 Å². The molecule has 2 rings (SSSR count). The first-order valence-electron chi connectivity index (χ1n) is 8.72. The highest BCUT2D eigenvalue weighted by atomic mass is 15.3. The van der Waals surface area contributed by atoms with Crippen molar-refractivity contribution in [1.29, 1.82) is 0 Å². The van der Waals surface area contributed by atoms with Crippen molar-refractivity contribution in [3.05, 3.63) is 0 Å². The molecular formula is C17H35N3. The molecule has 1 aliphatic carbocycles. The molecule has 0 aromatic carbocycles. The SMILES string of the molecule is CCCC(C)(CNC1CC1)CN1CCN(C(C)C)CC1. The summed E-state index contributed by atoms with van der Waals surface area (Å²) in [6.07, 6.45) is 5.44. The number of hydrogen-bond acceptors (Lipinski definition) is 3. The minimum atomic E-state index is 0.456. The Hall–Kier alpha value is -0.120. The van der Waals surface area contributed by atoms with Crippen molar-refractivity contribution >= 4 is 0 Å². The Balaban J connectivity index is 1.78. The van der Waals surface area contributed by atoms with E-state index in [4.69, 9.17) is 0 Å². The Kier molecular flexibility index (Phi) is 5.88. The summed E-state index contributed by atoms with van der Waals surface area (Å²) in [5.41, 5.74) is 0.456. The second-order valence-electron chi connectivity index (χ2n) is 7.62. The number of rotatable bonds is 8. The molecule has 0 radical (unpaired) electrons. The topological polar surface area (TPSA) is 18.5 Å². The minimum absolute atomic E-state index is 0.456. The number of piperazine rings is 1. The van der Waals surface area contributed by atoms with Crippen LogP contribution in [-0.4, -0.2) is 61.2 Å². The normalized spacial score (nSPS) is 25.1. The summed E-state index contributed by atoms with van der Waals surface area (Å²) < 4.78 is 0. The van der Waals surface area contributed by atoms with Crippen LogP contribution in [0.15, 0.2) is 0 Å². The second-order valence-corrected chi connectivity index (χ2v) is 7.62. The molecule has 0 amide bonds. The van der Waals surface area contributed by atoms with Gasteiger partial charge in [-0.3, -0.25) is 4.90 Å². The van der Waals surface area contributed by atoms with Crippen molar-refractivity contribution in [3.63, 3.8) is 0 Å². The third kappa shape index (κ3) is 5.01. The third-order valence-electron chi connectivity index (χ3n) is 4.99. The number of nitrogens with zero attached hydrogens (tertiary/aromatic N) is 2. The van der Waals surface area contributed by atoms with Crippen molar-refractivity contribution in [3.8, 4) is 0 Å². The fourth-order valence-corrected chi connectivity index (χ4v) is 3.48. The molecule has 0 bridgehead atoms. The largest absolute Gasteiger partial charge is 0.313 e. The molecule has 3 heteroatoms. The lowest BCUT2D eigenvalue weighted by molar-refractivity contribution is 0.0716. The third-order valence-corrected chi connectivity index (χ3v) is 4.99. The van der Waals surface area contributed by atoms with Gasteiger partial charge in [-0.05, 0) is 38.5 Å². The zero-order valence-electron chi connectivity index (χ0n) is 14.1. The van der Waals surface area contributed by atoms with Gasteiger partial charge >= 0.3 is 0 Å². The Bertz CT molecular complexity index is 280. The molecule has 2 fully saturated rings. The first kappa shape index (κ1) is 16.3.